The van der Waals surface area contributed by atoms with Crippen molar-refractivity contribution in [1.29, 1.82) is 0 Å². The summed E-state index contributed by atoms with van der Waals surface area (Å²) in [4.78, 5) is 21.7. The molecule has 1 amide bonds. The fourth-order valence-electron chi connectivity index (χ4n) is 4.39. The van der Waals surface area contributed by atoms with E-state index >= 15 is 0 Å². The Morgan fingerprint density at radius 2 is 1.77 bits per heavy atom. The second-order valence-corrected chi connectivity index (χ2v) is 8.06. The lowest BCUT2D eigenvalue weighted by Crippen LogP contribution is -2.41. The maximum atomic E-state index is 13.1. The van der Waals surface area contributed by atoms with E-state index in [4.69, 9.17) is 4.42 Å². The number of aromatic nitrogens is 1. The molecule has 0 radical (unpaired) electrons. The van der Waals surface area contributed by atoms with Crippen molar-refractivity contribution in [2.45, 2.75) is 19.4 Å². The maximum Gasteiger partial charge on any atom is 0.298 e. The number of rotatable bonds is 4. The van der Waals surface area contributed by atoms with Gasteiger partial charge in [0.25, 0.3) is 6.01 Å². The van der Waals surface area contributed by atoms with Gasteiger partial charge in [0.15, 0.2) is 5.58 Å². The van der Waals surface area contributed by atoms with Crippen LogP contribution in [0.1, 0.15) is 18.4 Å². The topological polar surface area (TPSA) is 49.6 Å². The number of fused-ring (bicyclic) bond motifs is 2. The van der Waals surface area contributed by atoms with Gasteiger partial charge in [0, 0.05) is 32.6 Å². The zero-order valence-electron chi connectivity index (χ0n) is 17.1. The quantitative estimate of drug-likeness (QED) is 0.492. The summed E-state index contributed by atoms with van der Waals surface area (Å²) in [5.74, 6) is 0.269. The van der Waals surface area contributed by atoms with E-state index in [1.807, 2.05) is 42.3 Å². The van der Waals surface area contributed by atoms with E-state index < -0.39 is 0 Å². The molecule has 1 fully saturated rings. The first-order valence-electron chi connectivity index (χ1n) is 10.5. The predicted molar refractivity (Wildman–Crippen MR) is 119 cm³/mol. The first-order chi connectivity index (χ1) is 14.7. The van der Waals surface area contributed by atoms with Crippen LogP contribution in [0.4, 0.5) is 6.01 Å². The molecule has 5 nitrogen and oxygen atoms in total. The van der Waals surface area contributed by atoms with E-state index in [0.29, 0.717) is 12.6 Å². The molecule has 1 saturated heterocycles. The molecule has 5 heteroatoms. The molecule has 1 aliphatic heterocycles. The van der Waals surface area contributed by atoms with Crippen LogP contribution < -0.4 is 4.90 Å². The average Bonchev–Trinajstić information content (AvgIpc) is 3.23. The summed E-state index contributed by atoms with van der Waals surface area (Å²) < 4.78 is 5.89. The number of oxazole rings is 1. The van der Waals surface area contributed by atoms with Crippen LogP contribution in [-0.4, -0.2) is 35.9 Å². The lowest BCUT2D eigenvalue weighted by molar-refractivity contribution is -0.135. The fraction of sp³-hybridized carbons (Fsp3) is 0.280. The standard InChI is InChI=1S/C25H25N3O2/c1-27(17-20-9-6-8-18-7-2-3-10-21(18)20)24(29)19-13-15-28(16-14-19)25-26-22-11-4-5-12-23(22)30-25/h2-12,19H,13-17H2,1H3. The Kier molecular flexibility index (Phi) is 4.87. The summed E-state index contributed by atoms with van der Waals surface area (Å²) in [6, 6.07) is 23.1. The van der Waals surface area contributed by atoms with Crippen molar-refractivity contribution in [2.24, 2.45) is 5.92 Å². The molecule has 0 spiro atoms. The van der Waals surface area contributed by atoms with Crippen LogP contribution in [0.15, 0.2) is 71.1 Å². The van der Waals surface area contributed by atoms with Gasteiger partial charge in [-0.05, 0) is 41.3 Å². The molecule has 0 atom stereocenters. The second-order valence-electron chi connectivity index (χ2n) is 8.06. The minimum atomic E-state index is 0.0469. The summed E-state index contributed by atoms with van der Waals surface area (Å²) in [5, 5.41) is 2.42. The van der Waals surface area contributed by atoms with Crippen LogP contribution in [0.3, 0.4) is 0 Å². The number of anilines is 1. The number of carbonyl (C=O) groups is 1. The third-order valence-electron chi connectivity index (χ3n) is 6.06. The van der Waals surface area contributed by atoms with E-state index in [1.54, 1.807) is 0 Å². The smallest absolute Gasteiger partial charge is 0.298 e. The molecule has 0 bridgehead atoms. The van der Waals surface area contributed by atoms with Gasteiger partial charge < -0.3 is 14.2 Å². The predicted octanol–water partition coefficient (Wildman–Crippen LogP) is 4.86. The number of para-hydroxylation sites is 2. The monoisotopic (exact) mass is 399 g/mol. The fourth-order valence-corrected chi connectivity index (χ4v) is 4.39. The number of carbonyl (C=O) groups excluding carboxylic acids is 1. The van der Waals surface area contributed by atoms with Crippen molar-refractivity contribution >= 4 is 33.8 Å². The molecule has 0 unspecified atom stereocenters. The number of hydrogen-bond acceptors (Lipinski definition) is 4. The minimum Gasteiger partial charge on any atom is -0.423 e. The summed E-state index contributed by atoms with van der Waals surface area (Å²) in [7, 11) is 1.91. The first kappa shape index (κ1) is 18.7. The Balaban J connectivity index is 1.24. The normalized spacial score (nSPS) is 15.0. The van der Waals surface area contributed by atoms with Crippen molar-refractivity contribution in [3.8, 4) is 0 Å². The third-order valence-corrected chi connectivity index (χ3v) is 6.06. The molecule has 152 valence electrons. The summed E-state index contributed by atoms with van der Waals surface area (Å²) >= 11 is 0. The zero-order valence-corrected chi connectivity index (χ0v) is 17.1. The van der Waals surface area contributed by atoms with Crippen LogP contribution in [0.25, 0.3) is 21.9 Å². The van der Waals surface area contributed by atoms with Crippen molar-refractivity contribution in [3.63, 3.8) is 0 Å². The van der Waals surface area contributed by atoms with E-state index in [2.05, 4.69) is 46.3 Å². The number of piperidine rings is 1. The lowest BCUT2D eigenvalue weighted by Gasteiger charge is -2.32. The van der Waals surface area contributed by atoms with E-state index in [9.17, 15) is 4.79 Å². The Morgan fingerprint density at radius 1 is 1.03 bits per heavy atom. The Hall–Kier alpha value is -3.34. The molecule has 0 N–H and O–H groups in total. The molecule has 1 aliphatic rings. The number of nitrogens with zero attached hydrogens (tertiary/aromatic N) is 3. The van der Waals surface area contributed by atoms with Crippen LogP contribution >= 0.6 is 0 Å². The van der Waals surface area contributed by atoms with Crippen LogP contribution in [0, 0.1) is 5.92 Å². The molecule has 0 saturated carbocycles. The third kappa shape index (κ3) is 3.52. The molecular formula is C25H25N3O2. The van der Waals surface area contributed by atoms with Gasteiger partial charge >= 0.3 is 0 Å². The summed E-state index contributed by atoms with van der Waals surface area (Å²) in [6.07, 6.45) is 1.63. The number of hydrogen-bond donors (Lipinski definition) is 0. The van der Waals surface area contributed by atoms with Gasteiger partial charge in [0.2, 0.25) is 5.91 Å². The van der Waals surface area contributed by atoms with E-state index in [1.165, 1.54) is 16.3 Å². The highest BCUT2D eigenvalue weighted by Gasteiger charge is 2.29. The highest BCUT2D eigenvalue weighted by molar-refractivity contribution is 5.86. The lowest BCUT2D eigenvalue weighted by atomic mass is 9.95. The molecule has 1 aromatic heterocycles. The summed E-state index contributed by atoms with van der Waals surface area (Å²) in [6.45, 7) is 2.20. The molecule has 0 aliphatic carbocycles. The van der Waals surface area contributed by atoms with Crippen LogP contribution in [0.5, 0.6) is 0 Å². The van der Waals surface area contributed by atoms with Gasteiger partial charge in [0.05, 0.1) is 0 Å². The highest BCUT2D eigenvalue weighted by Crippen LogP contribution is 2.28. The van der Waals surface area contributed by atoms with Gasteiger partial charge in [-0.2, -0.15) is 4.98 Å². The van der Waals surface area contributed by atoms with Gasteiger partial charge in [-0.15, -0.1) is 0 Å². The largest absolute Gasteiger partial charge is 0.423 e. The highest BCUT2D eigenvalue weighted by atomic mass is 16.4. The van der Waals surface area contributed by atoms with Crippen molar-refractivity contribution in [1.82, 2.24) is 9.88 Å². The Labute approximate surface area is 175 Å². The summed E-state index contributed by atoms with van der Waals surface area (Å²) in [5.41, 5.74) is 2.87. The van der Waals surface area contributed by atoms with Crippen molar-refractivity contribution in [2.75, 3.05) is 25.0 Å². The molecular weight excluding hydrogens is 374 g/mol. The van der Waals surface area contributed by atoms with E-state index in [0.717, 1.165) is 37.0 Å². The minimum absolute atomic E-state index is 0.0469. The molecule has 2 heterocycles. The maximum absolute atomic E-state index is 13.1. The number of amides is 1. The first-order valence-corrected chi connectivity index (χ1v) is 10.5. The van der Waals surface area contributed by atoms with Gasteiger partial charge in [-0.1, -0.05) is 54.6 Å². The van der Waals surface area contributed by atoms with Gasteiger partial charge in [-0.3, -0.25) is 4.79 Å². The van der Waals surface area contributed by atoms with Gasteiger partial charge in [0.1, 0.15) is 5.52 Å². The molecule has 4 aromatic rings. The van der Waals surface area contributed by atoms with Gasteiger partial charge in [-0.25, -0.2) is 0 Å². The Bertz CT molecular complexity index is 1150. The van der Waals surface area contributed by atoms with Crippen LogP contribution in [0.2, 0.25) is 0 Å². The molecule has 3 aromatic carbocycles. The zero-order chi connectivity index (χ0) is 20.5. The second kappa shape index (κ2) is 7.82. The van der Waals surface area contributed by atoms with Crippen molar-refractivity contribution < 1.29 is 9.21 Å². The van der Waals surface area contributed by atoms with E-state index in [-0.39, 0.29) is 11.8 Å². The van der Waals surface area contributed by atoms with Crippen molar-refractivity contribution in [3.05, 3.63) is 72.3 Å². The number of benzene rings is 3. The molecule has 5 rings (SSSR count). The Morgan fingerprint density at radius 3 is 2.60 bits per heavy atom. The SMILES string of the molecule is CN(Cc1cccc2ccccc12)C(=O)C1CCN(c2nc3ccccc3o2)CC1. The molecule has 30 heavy (non-hydrogen) atoms. The van der Waals surface area contributed by atoms with Crippen LogP contribution in [-0.2, 0) is 11.3 Å². The average molecular weight is 399 g/mol.